The largest absolute Gasteiger partial charge is 0.483 e. The van der Waals surface area contributed by atoms with E-state index in [1.54, 1.807) is 36.8 Å². The van der Waals surface area contributed by atoms with Crippen LogP contribution in [0.2, 0.25) is 0 Å². The lowest BCUT2D eigenvalue weighted by atomic mass is 9.91. The minimum Gasteiger partial charge on any atom is -0.483 e. The summed E-state index contributed by atoms with van der Waals surface area (Å²) in [6, 6.07) is 6.79. The zero-order valence-corrected chi connectivity index (χ0v) is 16.3. The Hall–Kier alpha value is -2.78. The Morgan fingerprint density at radius 1 is 1.18 bits per heavy atom. The van der Waals surface area contributed by atoms with Crippen LogP contribution < -0.4 is 0 Å². The molecule has 1 fully saturated rings. The van der Waals surface area contributed by atoms with Crippen LogP contribution in [0.3, 0.4) is 0 Å². The minimum atomic E-state index is -3.69. The Kier molecular flexibility index (Phi) is 6.05. The number of piperidine rings is 1. The van der Waals surface area contributed by atoms with E-state index in [4.69, 9.17) is 9.90 Å². The highest BCUT2D eigenvalue weighted by Gasteiger charge is 2.27. The van der Waals surface area contributed by atoms with Crippen molar-refractivity contribution in [2.24, 2.45) is 0 Å². The van der Waals surface area contributed by atoms with Gasteiger partial charge in [-0.25, -0.2) is 12.4 Å². The number of rotatable bonds is 3. The molecule has 148 valence electrons. The van der Waals surface area contributed by atoms with Crippen molar-refractivity contribution in [3.63, 3.8) is 0 Å². The predicted octanol–water partition coefficient (Wildman–Crippen LogP) is 2.18. The summed E-state index contributed by atoms with van der Waals surface area (Å²) in [7, 11) is -1.57. The molecule has 9 heteroatoms. The van der Waals surface area contributed by atoms with Gasteiger partial charge < -0.3 is 10.0 Å². The van der Waals surface area contributed by atoms with Gasteiger partial charge in [0, 0.05) is 30.4 Å². The van der Waals surface area contributed by atoms with Gasteiger partial charge in [0.05, 0.1) is 11.0 Å². The van der Waals surface area contributed by atoms with Crippen LogP contribution in [-0.2, 0) is 14.8 Å². The fraction of sp³-hybridized carbons (Fsp3) is 0.316. The summed E-state index contributed by atoms with van der Waals surface area (Å²) in [4.78, 5) is 19.3. The summed E-state index contributed by atoms with van der Waals surface area (Å²) in [5.74, 6) is 0.332. The van der Waals surface area contributed by atoms with Crippen LogP contribution in [0.4, 0.5) is 0 Å². The normalized spacial score (nSPS) is 15.8. The lowest BCUT2D eigenvalue weighted by Gasteiger charge is -2.28. The monoisotopic (exact) mass is 402 g/mol. The van der Waals surface area contributed by atoms with Gasteiger partial charge in [0.25, 0.3) is 16.5 Å². The van der Waals surface area contributed by atoms with E-state index >= 15 is 0 Å². The number of pyridine rings is 2. The third-order valence-electron chi connectivity index (χ3n) is 4.90. The Morgan fingerprint density at radius 2 is 1.86 bits per heavy atom. The molecule has 4 rings (SSSR count). The molecule has 0 spiro atoms. The highest BCUT2D eigenvalue weighted by molar-refractivity contribution is 7.90. The van der Waals surface area contributed by atoms with Crippen LogP contribution in [0.25, 0.3) is 11.0 Å². The Bertz CT molecular complexity index is 1040. The molecule has 0 unspecified atom stereocenters. The first kappa shape index (κ1) is 20.0. The van der Waals surface area contributed by atoms with Gasteiger partial charge >= 0.3 is 0 Å². The predicted molar refractivity (Wildman–Crippen MR) is 105 cm³/mol. The summed E-state index contributed by atoms with van der Waals surface area (Å²) in [6.45, 7) is 1.78. The fourth-order valence-electron chi connectivity index (χ4n) is 3.48. The molecule has 0 amide bonds. The third-order valence-corrected chi connectivity index (χ3v) is 6.56. The molecule has 0 aromatic carbocycles. The zero-order chi connectivity index (χ0) is 20.1. The second kappa shape index (κ2) is 8.49. The maximum atomic E-state index is 13.1. The molecule has 3 aromatic heterocycles. The van der Waals surface area contributed by atoms with Crippen LogP contribution in [-0.4, -0.2) is 59.0 Å². The smallest absolute Gasteiger partial charge is 0.290 e. The van der Waals surface area contributed by atoms with Crippen molar-refractivity contribution in [3.8, 4) is 0 Å². The molecule has 0 bridgehead atoms. The molecular formula is C19H22N4O4S. The summed E-state index contributed by atoms with van der Waals surface area (Å²) in [5, 5.41) is 6.89. The van der Waals surface area contributed by atoms with Crippen molar-refractivity contribution >= 4 is 27.5 Å². The lowest BCUT2D eigenvalue weighted by molar-refractivity contribution is -0.122. The number of carboxylic acid groups (broad SMARTS) is 1. The van der Waals surface area contributed by atoms with Crippen LogP contribution in [0.1, 0.15) is 24.3 Å². The molecule has 1 saturated heterocycles. The molecule has 0 atom stereocenters. The highest BCUT2D eigenvalue weighted by Crippen LogP contribution is 2.34. The fourth-order valence-corrected chi connectivity index (χ4v) is 4.81. The van der Waals surface area contributed by atoms with Crippen molar-refractivity contribution in [1.82, 2.24) is 18.8 Å². The molecule has 4 heterocycles. The van der Waals surface area contributed by atoms with Crippen molar-refractivity contribution in [2.75, 3.05) is 20.1 Å². The maximum absolute atomic E-state index is 13.1. The first-order valence-electron chi connectivity index (χ1n) is 8.87. The average molecular weight is 402 g/mol. The van der Waals surface area contributed by atoms with E-state index in [0.29, 0.717) is 11.4 Å². The molecule has 1 aliphatic heterocycles. The van der Waals surface area contributed by atoms with Gasteiger partial charge in [-0.3, -0.25) is 14.8 Å². The molecule has 1 N–H and O–H groups in total. The Balaban J connectivity index is 0.000000706. The summed E-state index contributed by atoms with van der Waals surface area (Å²) in [5.41, 5.74) is 2.43. The standard InChI is InChI=1S/C18H20N4O2S.CH2O2/c1-21-10-6-14(7-11-21)16-13-22(17-5-3-9-20-18(16)17)25(23,24)15-4-2-8-19-12-15;2-1-3/h2-5,8-9,12-14H,6-7,10-11H2,1H3;1H,(H,2,3). The molecule has 28 heavy (non-hydrogen) atoms. The number of likely N-dealkylation sites (tertiary alicyclic amines) is 1. The molecule has 0 aliphatic carbocycles. The van der Waals surface area contributed by atoms with Gasteiger partial charge in [-0.05, 0) is 63.2 Å². The number of fused-ring (bicyclic) bond motifs is 1. The van der Waals surface area contributed by atoms with Gasteiger partial charge in [0.1, 0.15) is 4.90 Å². The maximum Gasteiger partial charge on any atom is 0.290 e. The van der Waals surface area contributed by atoms with Crippen molar-refractivity contribution in [1.29, 1.82) is 0 Å². The first-order chi connectivity index (χ1) is 13.5. The van der Waals surface area contributed by atoms with Gasteiger partial charge in [0.2, 0.25) is 0 Å². The molecular weight excluding hydrogens is 380 g/mol. The summed E-state index contributed by atoms with van der Waals surface area (Å²) in [6.07, 6.45) is 8.46. The molecule has 0 radical (unpaired) electrons. The first-order valence-corrected chi connectivity index (χ1v) is 10.3. The van der Waals surface area contributed by atoms with E-state index in [1.807, 2.05) is 6.07 Å². The number of nitrogens with zero attached hydrogens (tertiary/aromatic N) is 4. The van der Waals surface area contributed by atoms with E-state index in [-0.39, 0.29) is 11.4 Å². The van der Waals surface area contributed by atoms with Gasteiger partial charge in [-0.1, -0.05) is 0 Å². The SMILES string of the molecule is CN1CCC(c2cn(S(=O)(=O)c3cccnc3)c3cccnc23)CC1.O=CO. The summed E-state index contributed by atoms with van der Waals surface area (Å²) >= 11 is 0. The topological polar surface area (TPSA) is 105 Å². The van der Waals surface area contributed by atoms with E-state index < -0.39 is 10.0 Å². The quantitative estimate of drug-likeness (QED) is 0.669. The summed E-state index contributed by atoms with van der Waals surface area (Å²) < 4.78 is 27.5. The van der Waals surface area contributed by atoms with Crippen molar-refractivity contribution in [3.05, 3.63) is 54.6 Å². The lowest BCUT2D eigenvalue weighted by Crippen LogP contribution is -2.29. The average Bonchev–Trinajstić information content (AvgIpc) is 3.10. The molecule has 3 aromatic rings. The van der Waals surface area contributed by atoms with E-state index in [2.05, 4.69) is 21.9 Å². The molecule has 0 saturated carbocycles. The van der Waals surface area contributed by atoms with E-state index in [1.165, 1.54) is 10.2 Å². The number of carbonyl (C=O) groups is 1. The van der Waals surface area contributed by atoms with Gasteiger partial charge in [-0.2, -0.15) is 0 Å². The number of hydrogen-bond donors (Lipinski definition) is 1. The zero-order valence-electron chi connectivity index (χ0n) is 15.5. The second-order valence-corrected chi connectivity index (χ2v) is 8.44. The van der Waals surface area contributed by atoms with Gasteiger partial charge in [-0.15, -0.1) is 0 Å². The third kappa shape index (κ3) is 3.90. The van der Waals surface area contributed by atoms with Crippen molar-refractivity contribution < 1.29 is 18.3 Å². The number of aromatic nitrogens is 3. The van der Waals surface area contributed by atoms with Crippen molar-refractivity contribution in [2.45, 2.75) is 23.7 Å². The Morgan fingerprint density at radius 3 is 2.50 bits per heavy atom. The van der Waals surface area contributed by atoms with E-state index in [9.17, 15) is 8.42 Å². The molecule has 8 nitrogen and oxygen atoms in total. The number of hydrogen-bond acceptors (Lipinski definition) is 6. The molecule has 1 aliphatic rings. The Labute approximate surface area is 163 Å². The van der Waals surface area contributed by atoms with Crippen LogP contribution in [0.15, 0.2) is 53.9 Å². The minimum absolute atomic E-state index is 0.186. The van der Waals surface area contributed by atoms with Gasteiger partial charge in [0.15, 0.2) is 0 Å². The van der Waals surface area contributed by atoms with E-state index in [0.717, 1.165) is 37.0 Å². The van der Waals surface area contributed by atoms with Crippen LogP contribution in [0.5, 0.6) is 0 Å². The van der Waals surface area contributed by atoms with Crippen LogP contribution >= 0.6 is 0 Å². The second-order valence-electron chi connectivity index (χ2n) is 6.63. The van der Waals surface area contributed by atoms with Crippen LogP contribution in [0, 0.1) is 0 Å². The highest BCUT2D eigenvalue weighted by atomic mass is 32.2.